The van der Waals surface area contributed by atoms with E-state index in [2.05, 4.69) is 10.7 Å². The van der Waals surface area contributed by atoms with Gasteiger partial charge in [-0.15, -0.1) is 0 Å². The number of pyridine rings is 1. The summed E-state index contributed by atoms with van der Waals surface area (Å²) < 4.78 is 12.4. The Balaban J connectivity index is 0.00000145. The summed E-state index contributed by atoms with van der Waals surface area (Å²) in [6, 6.07) is 7.00. The molecule has 0 aliphatic rings. The predicted molar refractivity (Wildman–Crippen MR) is 110 cm³/mol. The molecule has 3 aromatic rings. The summed E-state index contributed by atoms with van der Waals surface area (Å²) in [7, 11) is 4.32. The normalized spacial score (nSPS) is 10.8. The Bertz CT molecular complexity index is 1010. The lowest BCUT2D eigenvalue weighted by atomic mass is 9.87. The van der Waals surface area contributed by atoms with Crippen molar-refractivity contribution in [2.24, 2.45) is 5.73 Å². The minimum Gasteiger partial charge on any atom is -0.496 e. The van der Waals surface area contributed by atoms with E-state index in [0.29, 0.717) is 11.2 Å². The van der Waals surface area contributed by atoms with Crippen LogP contribution in [0, 0.1) is 0 Å². The number of carbonyl (C=O) groups is 2. The lowest BCUT2D eigenvalue weighted by Crippen LogP contribution is -2.18. The highest BCUT2D eigenvalue weighted by Crippen LogP contribution is 2.35. The molecule has 1 aromatic carbocycles. The van der Waals surface area contributed by atoms with E-state index in [9.17, 15) is 14.7 Å². The minimum absolute atomic E-state index is 0.0346. The second-order valence-corrected chi connectivity index (χ2v) is 6.69. The molecule has 8 nitrogen and oxygen atoms in total. The molecule has 0 spiro atoms. The average Bonchev–Trinajstić information content (AvgIpc) is 3.17. The van der Waals surface area contributed by atoms with E-state index in [1.807, 2.05) is 36.6 Å². The summed E-state index contributed by atoms with van der Waals surface area (Å²) in [6.45, 7) is 3.69. The number of fused-ring (bicyclic) bond motifs is 1. The third kappa shape index (κ3) is 4.07. The van der Waals surface area contributed by atoms with Crippen LogP contribution in [-0.4, -0.2) is 48.0 Å². The van der Waals surface area contributed by atoms with Gasteiger partial charge in [-0.2, -0.15) is 0 Å². The molecule has 154 valence electrons. The van der Waals surface area contributed by atoms with Gasteiger partial charge in [0.05, 0.1) is 26.1 Å². The second kappa shape index (κ2) is 8.74. The van der Waals surface area contributed by atoms with Crippen LogP contribution in [0.5, 0.6) is 11.5 Å². The largest absolute Gasteiger partial charge is 0.496 e. The summed E-state index contributed by atoms with van der Waals surface area (Å²) in [5, 5.41) is 9.43. The Hall–Kier alpha value is -3.39. The molecule has 2 heterocycles. The maximum Gasteiger partial charge on any atom is 0.343 e. The van der Waals surface area contributed by atoms with Crippen LogP contribution in [0.15, 0.2) is 36.7 Å². The van der Waals surface area contributed by atoms with Gasteiger partial charge in [-0.25, -0.2) is 9.78 Å². The molecule has 0 unspecified atom stereocenters. The molecule has 0 amide bonds. The summed E-state index contributed by atoms with van der Waals surface area (Å²) in [5.74, 6) is -0.731. The van der Waals surface area contributed by atoms with Gasteiger partial charge in [0.15, 0.2) is 0 Å². The zero-order valence-electron chi connectivity index (χ0n) is 17.1. The van der Waals surface area contributed by atoms with Crippen molar-refractivity contribution in [3.05, 3.63) is 47.8 Å². The highest BCUT2D eigenvalue weighted by atomic mass is 16.5. The van der Waals surface area contributed by atoms with Gasteiger partial charge in [-0.3, -0.25) is 4.40 Å². The average molecular weight is 399 g/mol. The van der Waals surface area contributed by atoms with Crippen LogP contribution in [0.3, 0.4) is 0 Å². The topological polar surface area (TPSA) is 116 Å². The van der Waals surface area contributed by atoms with Gasteiger partial charge in [0.1, 0.15) is 29.0 Å². The molecular formula is C21H25N3O5. The van der Waals surface area contributed by atoms with E-state index in [1.54, 1.807) is 18.3 Å². The van der Waals surface area contributed by atoms with Crippen LogP contribution >= 0.6 is 0 Å². The number of methoxy groups -OCH3 is 2. The van der Waals surface area contributed by atoms with Crippen molar-refractivity contribution in [2.45, 2.75) is 19.3 Å². The number of benzene rings is 1. The monoisotopic (exact) mass is 399 g/mol. The number of nitrogens with two attached hydrogens (primary N) is 1. The van der Waals surface area contributed by atoms with E-state index < -0.39 is 11.4 Å². The van der Waals surface area contributed by atoms with Crippen LogP contribution in [0.25, 0.3) is 16.9 Å². The first-order valence-corrected chi connectivity index (χ1v) is 8.83. The summed E-state index contributed by atoms with van der Waals surface area (Å²) >= 11 is 0. The molecule has 2 aromatic heterocycles. The zero-order chi connectivity index (χ0) is 21.8. The molecule has 0 fully saturated rings. The predicted octanol–water partition coefficient (Wildman–Crippen LogP) is 2.77. The number of hydrogen-bond acceptors (Lipinski definition) is 6. The van der Waals surface area contributed by atoms with E-state index >= 15 is 0 Å². The lowest BCUT2D eigenvalue weighted by Gasteiger charge is -2.17. The number of aldehydes is 1. The van der Waals surface area contributed by atoms with Gasteiger partial charge in [-0.1, -0.05) is 0 Å². The fraction of sp³-hybridized carbons (Fsp3) is 0.286. The third-order valence-corrected chi connectivity index (χ3v) is 4.57. The van der Waals surface area contributed by atoms with Crippen molar-refractivity contribution >= 4 is 17.9 Å². The number of imidazole rings is 1. The highest BCUT2D eigenvalue weighted by molar-refractivity contribution is 5.95. The van der Waals surface area contributed by atoms with E-state index in [1.165, 1.54) is 21.3 Å². The molecule has 0 atom stereocenters. The SMILES string of the molecule is CN.COc1cc(-c2cnc3cc(C(C)(C)C=O)ccn23)cc(OC)c1C(=O)O. The number of hydrogen-bond donors (Lipinski definition) is 2. The molecule has 0 aliphatic carbocycles. The number of carboxylic acid groups (broad SMARTS) is 1. The van der Waals surface area contributed by atoms with E-state index in [-0.39, 0.29) is 17.1 Å². The van der Waals surface area contributed by atoms with Gasteiger partial charge < -0.3 is 25.1 Å². The highest BCUT2D eigenvalue weighted by Gasteiger charge is 2.22. The van der Waals surface area contributed by atoms with Crippen molar-refractivity contribution in [3.63, 3.8) is 0 Å². The fourth-order valence-corrected chi connectivity index (χ4v) is 2.93. The first-order chi connectivity index (χ1) is 13.8. The molecule has 29 heavy (non-hydrogen) atoms. The fourth-order valence-electron chi connectivity index (χ4n) is 2.93. The van der Waals surface area contributed by atoms with E-state index in [4.69, 9.17) is 9.47 Å². The lowest BCUT2D eigenvalue weighted by molar-refractivity contribution is -0.111. The number of carboxylic acids is 1. The van der Waals surface area contributed by atoms with Crippen molar-refractivity contribution in [1.29, 1.82) is 0 Å². The maximum absolute atomic E-state index is 11.5. The van der Waals surface area contributed by atoms with Gasteiger partial charge in [0.2, 0.25) is 0 Å². The van der Waals surface area contributed by atoms with Crippen LogP contribution in [-0.2, 0) is 10.2 Å². The van der Waals surface area contributed by atoms with Gasteiger partial charge in [-0.05, 0) is 50.7 Å². The number of rotatable bonds is 6. The quantitative estimate of drug-likeness (QED) is 0.612. The molecule has 0 saturated heterocycles. The molecule has 0 bridgehead atoms. The minimum atomic E-state index is -1.13. The number of aromatic nitrogens is 2. The number of carbonyl (C=O) groups excluding carboxylic acids is 1. The first kappa shape index (κ1) is 21.9. The molecule has 0 saturated carbocycles. The Morgan fingerprint density at radius 1 is 1.17 bits per heavy atom. The van der Waals surface area contributed by atoms with E-state index in [0.717, 1.165) is 17.5 Å². The molecule has 0 radical (unpaired) electrons. The van der Waals surface area contributed by atoms with Crippen molar-refractivity contribution in [1.82, 2.24) is 9.38 Å². The van der Waals surface area contributed by atoms with Crippen LogP contribution in [0.4, 0.5) is 0 Å². The Morgan fingerprint density at radius 3 is 2.24 bits per heavy atom. The molecule has 8 heteroatoms. The first-order valence-electron chi connectivity index (χ1n) is 8.83. The molecule has 3 rings (SSSR count). The van der Waals surface area contributed by atoms with Crippen LogP contribution in [0.2, 0.25) is 0 Å². The summed E-state index contributed by atoms with van der Waals surface area (Å²) in [5.41, 5.74) is 6.84. The standard InChI is InChI=1S/C20H20N2O5.CH5N/c1-20(2,11-23)13-5-6-22-14(10-21-17(22)9-13)12-7-15(26-3)18(19(24)25)16(8-12)27-4;1-2/h5-11H,1-4H3,(H,24,25);2H2,1H3. The summed E-state index contributed by atoms with van der Waals surface area (Å²) in [6.07, 6.45) is 4.42. The van der Waals surface area contributed by atoms with Crippen LogP contribution < -0.4 is 15.2 Å². The molecular weight excluding hydrogens is 374 g/mol. The second-order valence-electron chi connectivity index (χ2n) is 6.69. The van der Waals surface area contributed by atoms with Crippen molar-refractivity contribution < 1.29 is 24.2 Å². The smallest absolute Gasteiger partial charge is 0.343 e. The van der Waals surface area contributed by atoms with Crippen molar-refractivity contribution in [2.75, 3.05) is 21.3 Å². The van der Waals surface area contributed by atoms with Crippen LogP contribution in [0.1, 0.15) is 29.8 Å². The zero-order valence-corrected chi connectivity index (χ0v) is 17.1. The van der Waals surface area contributed by atoms with Crippen molar-refractivity contribution in [3.8, 4) is 22.8 Å². The Labute approximate surface area is 168 Å². The number of aromatic carboxylic acids is 1. The Morgan fingerprint density at radius 2 is 1.76 bits per heavy atom. The molecule has 3 N–H and O–H groups in total. The number of nitrogens with zero attached hydrogens (tertiary/aromatic N) is 2. The summed E-state index contributed by atoms with van der Waals surface area (Å²) in [4.78, 5) is 27.3. The number of ether oxygens (including phenoxy) is 2. The van der Waals surface area contributed by atoms with Gasteiger partial charge in [0, 0.05) is 17.2 Å². The van der Waals surface area contributed by atoms with Gasteiger partial charge >= 0.3 is 5.97 Å². The third-order valence-electron chi connectivity index (χ3n) is 4.57. The molecule has 0 aliphatic heterocycles. The Kier molecular flexibility index (Phi) is 6.60. The van der Waals surface area contributed by atoms with Gasteiger partial charge in [0.25, 0.3) is 0 Å². The maximum atomic E-state index is 11.5.